The largest absolute Gasteiger partial charge is 0.465 e. The van der Waals surface area contributed by atoms with Crippen LogP contribution in [0.3, 0.4) is 0 Å². The van der Waals surface area contributed by atoms with E-state index in [0.29, 0.717) is 19.3 Å². The van der Waals surface area contributed by atoms with Gasteiger partial charge in [-0.1, -0.05) is 60.1 Å². The number of carbonyl (C=O) groups excluding carboxylic acids is 3. The lowest BCUT2D eigenvalue weighted by molar-refractivity contribution is -0.156. The van der Waals surface area contributed by atoms with Gasteiger partial charge in [0.2, 0.25) is 5.91 Å². The molecule has 2 bridgehead atoms. The first-order valence-corrected chi connectivity index (χ1v) is 15.0. The number of aliphatic hydroxyl groups excluding tert-OH is 1. The van der Waals surface area contributed by atoms with E-state index in [1.807, 2.05) is 45.9 Å². The van der Waals surface area contributed by atoms with Gasteiger partial charge in [-0.3, -0.25) is 14.4 Å². The summed E-state index contributed by atoms with van der Waals surface area (Å²) in [6, 6.07) is 4.16. The number of nitrogens with zero attached hydrogens (tertiary/aromatic N) is 2. The number of anilines is 1. The molecule has 1 aromatic rings. The highest BCUT2D eigenvalue weighted by atomic mass is 79.9. The van der Waals surface area contributed by atoms with Crippen molar-refractivity contribution >= 4 is 39.4 Å². The van der Waals surface area contributed by atoms with Crippen LogP contribution >= 0.6 is 15.9 Å². The van der Waals surface area contributed by atoms with E-state index in [9.17, 15) is 19.5 Å². The molecule has 9 heteroatoms. The molecule has 3 fully saturated rings. The Morgan fingerprint density at radius 1 is 1.27 bits per heavy atom. The summed E-state index contributed by atoms with van der Waals surface area (Å²) in [6.45, 7) is 15.4. The van der Waals surface area contributed by atoms with Gasteiger partial charge in [-0.2, -0.15) is 0 Å². The van der Waals surface area contributed by atoms with Crippen molar-refractivity contribution in [2.45, 2.75) is 75.6 Å². The smallest absolute Gasteiger partial charge is 0.312 e. The van der Waals surface area contributed by atoms with Gasteiger partial charge in [-0.15, -0.1) is 13.2 Å². The fraction of sp³-hybridized carbons (Fsp3) is 0.581. The summed E-state index contributed by atoms with van der Waals surface area (Å²) in [5.41, 5.74) is 1.35. The van der Waals surface area contributed by atoms with Crippen LogP contribution in [0.4, 0.5) is 5.69 Å². The van der Waals surface area contributed by atoms with Gasteiger partial charge in [0.05, 0.1) is 37.2 Å². The minimum absolute atomic E-state index is 0.145. The molecule has 3 saturated heterocycles. The number of ether oxygens (including phenoxy) is 2. The molecular formula is C31H41BrN2O6. The van der Waals surface area contributed by atoms with Crippen LogP contribution in [-0.2, 0) is 23.9 Å². The van der Waals surface area contributed by atoms with Crippen LogP contribution < -0.4 is 4.90 Å². The van der Waals surface area contributed by atoms with E-state index in [0.717, 1.165) is 16.8 Å². The van der Waals surface area contributed by atoms with Crippen LogP contribution in [0.1, 0.15) is 44.2 Å². The molecule has 1 spiro atoms. The molecule has 4 rings (SSSR count). The standard InChI is InChI=1S/C31H41BrN2O6/c1-7-9-10-15-39-30(38)23-24-28(36)34(22(17-35)18(3)4)27(31(24)16-21(32)26(23)40-31)29(37)33(14-8-2)25-19(5)12-11-13-20(25)6/h7-8,11-13,18,21-24,26-27,35H,1-2,9-10,14-17H2,3-6H3/t21?,22-,23-,24-,26-,27?,31?/m0/s1. The summed E-state index contributed by atoms with van der Waals surface area (Å²) in [4.78, 5) is 45.5. The lowest BCUT2D eigenvalue weighted by Crippen LogP contribution is -2.60. The maximum Gasteiger partial charge on any atom is 0.312 e. The van der Waals surface area contributed by atoms with Crippen molar-refractivity contribution in [2.24, 2.45) is 17.8 Å². The van der Waals surface area contributed by atoms with E-state index >= 15 is 0 Å². The van der Waals surface area contributed by atoms with Crippen LogP contribution in [0.25, 0.3) is 0 Å². The fourth-order valence-corrected chi connectivity index (χ4v) is 7.83. The number of unbranched alkanes of at least 4 members (excludes halogenated alkanes) is 1. The zero-order valence-electron chi connectivity index (χ0n) is 23.8. The summed E-state index contributed by atoms with van der Waals surface area (Å²) in [5, 5.41) is 10.5. The number of hydrogen-bond donors (Lipinski definition) is 1. The number of esters is 1. The number of benzene rings is 1. The number of aryl methyl sites for hydroxylation is 2. The minimum atomic E-state index is -1.24. The predicted octanol–water partition coefficient (Wildman–Crippen LogP) is 4.10. The van der Waals surface area contributed by atoms with E-state index in [-0.39, 0.29) is 42.3 Å². The maximum atomic E-state index is 14.8. The Labute approximate surface area is 245 Å². The first kappa shape index (κ1) is 30.5. The first-order valence-electron chi connectivity index (χ1n) is 14.1. The Morgan fingerprint density at radius 3 is 2.52 bits per heavy atom. The molecule has 3 unspecified atom stereocenters. The summed E-state index contributed by atoms with van der Waals surface area (Å²) >= 11 is 3.70. The number of amides is 2. The van der Waals surface area contributed by atoms with Crippen molar-refractivity contribution in [1.82, 2.24) is 4.90 Å². The van der Waals surface area contributed by atoms with Gasteiger partial charge in [0.25, 0.3) is 5.91 Å². The molecular weight excluding hydrogens is 576 g/mol. The lowest BCUT2D eigenvalue weighted by Gasteiger charge is -2.41. The highest BCUT2D eigenvalue weighted by Crippen LogP contribution is 2.61. The Bertz CT molecular complexity index is 1150. The number of rotatable bonds is 12. The molecule has 0 aliphatic carbocycles. The molecule has 8 nitrogen and oxygen atoms in total. The number of carbonyl (C=O) groups is 3. The number of para-hydroxylation sites is 1. The molecule has 0 aromatic heterocycles. The predicted molar refractivity (Wildman–Crippen MR) is 157 cm³/mol. The topological polar surface area (TPSA) is 96.4 Å². The number of halogens is 1. The van der Waals surface area contributed by atoms with E-state index in [1.165, 1.54) is 4.90 Å². The molecule has 7 atom stereocenters. The average molecular weight is 618 g/mol. The zero-order valence-corrected chi connectivity index (χ0v) is 25.4. The zero-order chi connectivity index (χ0) is 29.4. The Balaban J connectivity index is 1.82. The van der Waals surface area contributed by atoms with Crippen molar-refractivity contribution in [3.63, 3.8) is 0 Å². The van der Waals surface area contributed by atoms with E-state index in [1.54, 1.807) is 17.1 Å². The number of allylic oxidation sites excluding steroid dienone is 1. The van der Waals surface area contributed by atoms with Gasteiger partial charge in [-0.05, 0) is 50.2 Å². The van der Waals surface area contributed by atoms with Crippen LogP contribution in [0.2, 0.25) is 0 Å². The third kappa shape index (κ3) is 4.94. The SMILES string of the molecule is C=CCCCOC(=O)[C@H]1[C@H]2C(=O)N([C@@H](CO)C(C)C)C(C(=O)N(CC=C)c3c(C)cccc3C)C23CC(Br)[C@@H]1O3. The van der Waals surface area contributed by atoms with Gasteiger partial charge >= 0.3 is 5.97 Å². The lowest BCUT2D eigenvalue weighted by atomic mass is 9.70. The van der Waals surface area contributed by atoms with E-state index < -0.39 is 41.6 Å². The molecule has 3 aliphatic rings. The van der Waals surface area contributed by atoms with Crippen molar-refractivity contribution in [1.29, 1.82) is 0 Å². The fourth-order valence-electron chi connectivity index (χ4n) is 6.89. The second-order valence-electron chi connectivity index (χ2n) is 11.5. The molecule has 1 aromatic carbocycles. The molecule has 2 amide bonds. The summed E-state index contributed by atoms with van der Waals surface area (Å²) in [7, 11) is 0. The van der Waals surface area contributed by atoms with E-state index in [2.05, 4.69) is 29.1 Å². The molecule has 218 valence electrons. The second kappa shape index (κ2) is 12.2. The highest BCUT2D eigenvalue weighted by Gasteiger charge is 2.77. The van der Waals surface area contributed by atoms with Gasteiger partial charge in [-0.25, -0.2) is 0 Å². The number of likely N-dealkylation sites (tertiary alicyclic amines) is 1. The van der Waals surface area contributed by atoms with Crippen LogP contribution in [-0.4, -0.2) is 76.2 Å². The summed E-state index contributed by atoms with van der Waals surface area (Å²) in [6.07, 6.45) is 4.55. The molecule has 0 radical (unpaired) electrons. The number of aliphatic hydroxyl groups is 1. The van der Waals surface area contributed by atoms with Gasteiger partial charge < -0.3 is 24.4 Å². The minimum Gasteiger partial charge on any atom is -0.465 e. The van der Waals surface area contributed by atoms with Crippen molar-refractivity contribution < 1.29 is 29.0 Å². The molecule has 0 saturated carbocycles. The van der Waals surface area contributed by atoms with Crippen molar-refractivity contribution in [2.75, 3.05) is 24.7 Å². The number of fused-ring (bicyclic) bond motifs is 1. The normalized spacial score (nSPS) is 29.4. The van der Waals surface area contributed by atoms with Crippen molar-refractivity contribution in [3.05, 3.63) is 54.6 Å². The Morgan fingerprint density at radius 2 is 1.95 bits per heavy atom. The third-order valence-corrected chi connectivity index (χ3v) is 9.48. The quantitative estimate of drug-likeness (QED) is 0.164. The summed E-state index contributed by atoms with van der Waals surface area (Å²) in [5.74, 6) is -3.03. The van der Waals surface area contributed by atoms with E-state index in [4.69, 9.17) is 9.47 Å². The Kier molecular flexibility index (Phi) is 9.27. The van der Waals surface area contributed by atoms with Crippen LogP contribution in [0.5, 0.6) is 0 Å². The molecule has 40 heavy (non-hydrogen) atoms. The Hall–Kier alpha value is -2.49. The highest BCUT2D eigenvalue weighted by molar-refractivity contribution is 9.09. The number of hydrogen-bond acceptors (Lipinski definition) is 6. The van der Waals surface area contributed by atoms with Gasteiger partial charge in [0.1, 0.15) is 11.6 Å². The van der Waals surface area contributed by atoms with Gasteiger partial charge in [0.15, 0.2) is 0 Å². The van der Waals surface area contributed by atoms with Crippen molar-refractivity contribution in [3.8, 4) is 0 Å². The second-order valence-corrected chi connectivity index (χ2v) is 12.7. The number of alkyl halides is 1. The maximum absolute atomic E-state index is 14.8. The average Bonchev–Trinajstić information content (AvgIpc) is 3.49. The summed E-state index contributed by atoms with van der Waals surface area (Å²) < 4.78 is 12.2. The van der Waals surface area contributed by atoms with Gasteiger partial charge in [0, 0.05) is 17.1 Å². The van der Waals surface area contributed by atoms with Crippen LogP contribution in [0, 0.1) is 31.6 Å². The third-order valence-electron chi connectivity index (χ3n) is 8.63. The monoisotopic (exact) mass is 616 g/mol. The van der Waals surface area contributed by atoms with Crippen LogP contribution in [0.15, 0.2) is 43.5 Å². The first-order chi connectivity index (χ1) is 19.0. The molecule has 3 aliphatic heterocycles. The molecule has 1 N–H and O–H groups in total. The molecule has 3 heterocycles.